The van der Waals surface area contributed by atoms with Gasteiger partial charge in [-0.05, 0) is 13.0 Å². The molecule has 0 amide bonds. The molecule has 0 fully saturated rings. The molecule has 2 nitrogen and oxygen atoms in total. The average Bonchev–Trinajstić information content (AvgIpc) is 1.63. The van der Waals surface area contributed by atoms with Crippen LogP contribution in [-0.2, 0) is 0 Å². The highest BCUT2D eigenvalue weighted by molar-refractivity contribution is 6.29. The van der Waals surface area contributed by atoms with Gasteiger partial charge >= 0.3 is 0 Å². The van der Waals surface area contributed by atoms with Crippen LogP contribution in [0.25, 0.3) is 0 Å². The normalized spacial score (nSPS) is 12.4. The Kier molecular flexibility index (Phi) is 3.80. The van der Waals surface area contributed by atoms with Gasteiger partial charge < -0.3 is 5.73 Å². The predicted octanol–water partition coefficient (Wildman–Crippen LogP) is 1.63. The van der Waals surface area contributed by atoms with Crippen LogP contribution in [0.15, 0.2) is 28.5 Å². The van der Waals surface area contributed by atoms with Crippen LogP contribution >= 0.6 is 11.6 Å². The first-order valence-corrected chi connectivity index (χ1v) is 2.81. The van der Waals surface area contributed by atoms with Gasteiger partial charge in [-0.25, -0.2) is 4.99 Å². The zero-order valence-electron chi connectivity index (χ0n) is 5.26. The van der Waals surface area contributed by atoms with Crippen LogP contribution in [0.5, 0.6) is 0 Å². The molecule has 0 aliphatic rings. The number of hydrogen-bond donors (Lipinski definition) is 1. The molecule has 0 bridgehead atoms. The molecule has 50 valence electrons. The number of halogens is 1. The van der Waals surface area contributed by atoms with E-state index in [2.05, 4.69) is 11.6 Å². The van der Waals surface area contributed by atoms with Crippen molar-refractivity contribution >= 4 is 17.8 Å². The summed E-state index contributed by atoms with van der Waals surface area (Å²) in [5.41, 5.74) is 5.97. The van der Waals surface area contributed by atoms with Gasteiger partial charge in [-0.2, -0.15) is 0 Å². The summed E-state index contributed by atoms with van der Waals surface area (Å²) in [6.45, 7) is 5.12. The lowest BCUT2D eigenvalue weighted by atomic mass is 10.5. The van der Waals surface area contributed by atoms with Gasteiger partial charge in [0, 0.05) is 11.9 Å². The third kappa shape index (κ3) is 7.24. The van der Waals surface area contributed by atoms with Crippen molar-refractivity contribution < 1.29 is 0 Å². The average molecular weight is 145 g/mol. The lowest BCUT2D eigenvalue weighted by Crippen LogP contribution is -1.89. The summed E-state index contributed by atoms with van der Waals surface area (Å²) in [6.07, 6.45) is 3.15. The van der Waals surface area contributed by atoms with Crippen molar-refractivity contribution in [2.24, 2.45) is 10.7 Å². The maximum absolute atomic E-state index is 5.30. The molecule has 3 heteroatoms. The highest BCUT2D eigenvalue weighted by atomic mass is 35.5. The summed E-state index contributed by atoms with van der Waals surface area (Å²) in [6, 6.07) is 0. The fraction of sp³-hybridized carbons (Fsp3) is 0.167. The van der Waals surface area contributed by atoms with Gasteiger partial charge in [0.2, 0.25) is 0 Å². The van der Waals surface area contributed by atoms with E-state index < -0.39 is 0 Å². The van der Waals surface area contributed by atoms with Crippen LogP contribution in [0.4, 0.5) is 0 Å². The Hall–Kier alpha value is -0.760. The van der Waals surface area contributed by atoms with Crippen LogP contribution in [0.3, 0.4) is 0 Å². The van der Waals surface area contributed by atoms with Gasteiger partial charge in [0.15, 0.2) is 0 Å². The smallest absolute Gasteiger partial charge is 0.121 e. The van der Waals surface area contributed by atoms with Gasteiger partial charge in [0.25, 0.3) is 0 Å². The molecule has 0 rings (SSSR count). The molecule has 0 aromatic heterocycles. The standard InChI is InChI=1S/C6H9ClN2/c1-5(8)3-4-9-6(2)7/h3-4H,2,8H2,1H3/b5-3-,9-4?. The summed E-state index contributed by atoms with van der Waals surface area (Å²) < 4.78 is 0. The molecule has 0 heterocycles. The first-order chi connectivity index (χ1) is 4.13. The highest BCUT2D eigenvalue weighted by Gasteiger charge is 1.74. The van der Waals surface area contributed by atoms with E-state index in [-0.39, 0.29) is 5.16 Å². The van der Waals surface area contributed by atoms with Crippen LogP contribution in [0.1, 0.15) is 6.92 Å². The maximum atomic E-state index is 5.30. The largest absolute Gasteiger partial charge is 0.402 e. The quantitative estimate of drug-likeness (QED) is 0.464. The fourth-order valence-corrected chi connectivity index (χ4v) is 0.292. The van der Waals surface area contributed by atoms with Gasteiger partial charge in [-0.3, -0.25) is 0 Å². The van der Waals surface area contributed by atoms with Crippen molar-refractivity contribution in [2.45, 2.75) is 6.92 Å². The first kappa shape index (κ1) is 8.24. The molecular weight excluding hydrogens is 136 g/mol. The van der Waals surface area contributed by atoms with E-state index in [0.717, 1.165) is 0 Å². The molecule has 0 radical (unpaired) electrons. The molecular formula is C6H9ClN2. The second kappa shape index (κ2) is 4.15. The molecule has 2 N–H and O–H groups in total. The monoisotopic (exact) mass is 144 g/mol. The minimum Gasteiger partial charge on any atom is -0.402 e. The molecule has 0 aromatic rings. The molecule has 0 atom stereocenters. The number of allylic oxidation sites excluding steroid dienone is 2. The van der Waals surface area contributed by atoms with Gasteiger partial charge in [0.1, 0.15) is 5.16 Å². The van der Waals surface area contributed by atoms with Gasteiger partial charge in [-0.15, -0.1) is 0 Å². The van der Waals surface area contributed by atoms with Crippen molar-refractivity contribution in [3.63, 3.8) is 0 Å². The summed E-state index contributed by atoms with van der Waals surface area (Å²) in [5, 5.41) is 0.257. The topological polar surface area (TPSA) is 38.4 Å². The van der Waals surface area contributed by atoms with Crippen LogP contribution < -0.4 is 5.73 Å². The van der Waals surface area contributed by atoms with E-state index in [0.29, 0.717) is 5.70 Å². The third-order valence-electron chi connectivity index (χ3n) is 0.552. The number of nitrogens with two attached hydrogens (primary N) is 1. The highest BCUT2D eigenvalue weighted by Crippen LogP contribution is 1.95. The molecule has 0 aliphatic carbocycles. The molecule has 0 aromatic carbocycles. The number of aliphatic imine (C=N–C) groups is 1. The third-order valence-corrected chi connectivity index (χ3v) is 0.650. The Labute approximate surface area is 59.7 Å². The van der Waals surface area contributed by atoms with Crippen molar-refractivity contribution in [3.05, 3.63) is 23.5 Å². The van der Waals surface area contributed by atoms with Crippen LogP contribution in [-0.4, -0.2) is 6.21 Å². The van der Waals surface area contributed by atoms with E-state index in [1.165, 1.54) is 6.21 Å². The second-order valence-electron chi connectivity index (χ2n) is 1.57. The zero-order valence-corrected chi connectivity index (χ0v) is 6.02. The lowest BCUT2D eigenvalue weighted by Gasteiger charge is -1.82. The van der Waals surface area contributed by atoms with Crippen molar-refractivity contribution in [3.8, 4) is 0 Å². The molecule has 0 aliphatic heterocycles. The molecule has 0 unspecified atom stereocenters. The summed E-state index contributed by atoms with van der Waals surface area (Å²) in [4.78, 5) is 3.65. The lowest BCUT2D eigenvalue weighted by molar-refractivity contribution is 1.33. The molecule has 9 heavy (non-hydrogen) atoms. The Balaban J connectivity index is 3.74. The first-order valence-electron chi connectivity index (χ1n) is 2.44. The Morgan fingerprint density at radius 3 is 2.67 bits per heavy atom. The van der Waals surface area contributed by atoms with E-state index in [1.54, 1.807) is 13.0 Å². The SMILES string of the molecule is C=C(Cl)N=C/C=C(/C)N. The Bertz CT molecular complexity index is 154. The molecule has 0 saturated carbocycles. The fourth-order valence-electron chi connectivity index (χ4n) is 0.236. The van der Waals surface area contributed by atoms with Crippen LogP contribution in [0, 0.1) is 0 Å². The maximum Gasteiger partial charge on any atom is 0.121 e. The van der Waals surface area contributed by atoms with Crippen molar-refractivity contribution in [1.29, 1.82) is 0 Å². The van der Waals surface area contributed by atoms with Crippen LogP contribution in [0.2, 0.25) is 0 Å². The summed E-state index contributed by atoms with van der Waals surface area (Å²) in [7, 11) is 0. The zero-order chi connectivity index (χ0) is 7.28. The number of nitrogens with zero attached hydrogens (tertiary/aromatic N) is 1. The minimum atomic E-state index is 0.257. The number of hydrogen-bond acceptors (Lipinski definition) is 2. The summed E-state index contributed by atoms with van der Waals surface area (Å²) >= 11 is 5.30. The Morgan fingerprint density at radius 2 is 2.33 bits per heavy atom. The van der Waals surface area contributed by atoms with E-state index in [4.69, 9.17) is 17.3 Å². The minimum absolute atomic E-state index is 0.257. The van der Waals surface area contributed by atoms with Gasteiger partial charge in [0.05, 0.1) is 0 Å². The predicted molar refractivity (Wildman–Crippen MR) is 41.4 cm³/mol. The van der Waals surface area contributed by atoms with E-state index >= 15 is 0 Å². The van der Waals surface area contributed by atoms with E-state index in [1.807, 2.05) is 0 Å². The molecule has 0 spiro atoms. The molecule has 0 saturated heterocycles. The van der Waals surface area contributed by atoms with Crippen molar-refractivity contribution in [2.75, 3.05) is 0 Å². The second-order valence-corrected chi connectivity index (χ2v) is 2.00. The van der Waals surface area contributed by atoms with Crippen molar-refractivity contribution in [1.82, 2.24) is 0 Å². The van der Waals surface area contributed by atoms with E-state index in [9.17, 15) is 0 Å². The number of rotatable bonds is 2. The van der Waals surface area contributed by atoms with Gasteiger partial charge in [-0.1, -0.05) is 18.2 Å². The summed E-state index contributed by atoms with van der Waals surface area (Å²) in [5.74, 6) is 0. The Morgan fingerprint density at radius 1 is 1.78 bits per heavy atom.